The third-order valence-electron chi connectivity index (χ3n) is 3.71. The highest BCUT2D eigenvalue weighted by Crippen LogP contribution is 2.27. The van der Waals surface area contributed by atoms with E-state index in [-0.39, 0.29) is 11.8 Å². The smallest absolute Gasteiger partial charge is 0.242 e. The summed E-state index contributed by atoms with van der Waals surface area (Å²) in [5, 5.41) is 5.62. The van der Waals surface area contributed by atoms with Crippen molar-refractivity contribution in [2.75, 3.05) is 14.2 Å². The van der Waals surface area contributed by atoms with Crippen molar-refractivity contribution in [1.29, 1.82) is 0 Å². The van der Waals surface area contributed by atoms with Crippen molar-refractivity contribution in [2.24, 2.45) is 0 Å². The first kappa shape index (κ1) is 16.1. The summed E-state index contributed by atoms with van der Waals surface area (Å²) >= 11 is 0. The van der Waals surface area contributed by atoms with Gasteiger partial charge in [0.15, 0.2) is 11.5 Å². The Hall–Kier alpha value is -2.24. The molecule has 1 aliphatic heterocycles. The van der Waals surface area contributed by atoms with Crippen molar-refractivity contribution in [3.63, 3.8) is 0 Å². The first-order valence-corrected chi connectivity index (χ1v) is 7.42. The minimum absolute atomic E-state index is 0.0521. The summed E-state index contributed by atoms with van der Waals surface area (Å²) in [6, 6.07) is 5.06. The molecule has 1 fully saturated rings. The van der Waals surface area contributed by atoms with Gasteiger partial charge in [-0.2, -0.15) is 0 Å². The molecular weight excluding hydrogens is 284 g/mol. The number of carbonyl (C=O) groups is 2. The van der Waals surface area contributed by atoms with E-state index in [9.17, 15) is 9.59 Å². The molecule has 0 aromatic heterocycles. The molecule has 1 saturated heterocycles. The fourth-order valence-corrected chi connectivity index (χ4v) is 2.47. The second-order valence-corrected chi connectivity index (χ2v) is 5.27. The Labute approximate surface area is 130 Å². The Kier molecular flexibility index (Phi) is 5.63. The highest BCUT2D eigenvalue weighted by molar-refractivity contribution is 5.87. The number of ether oxygens (including phenoxy) is 2. The summed E-state index contributed by atoms with van der Waals surface area (Å²) in [7, 11) is 3.15. The summed E-state index contributed by atoms with van der Waals surface area (Å²) < 4.78 is 10.4. The van der Waals surface area contributed by atoms with Crippen LogP contribution in [0.1, 0.15) is 31.2 Å². The summed E-state index contributed by atoms with van der Waals surface area (Å²) in [6.45, 7) is 0.381. The van der Waals surface area contributed by atoms with Gasteiger partial charge in [0.1, 0.15) is 6.04 Å². The summed E-state index contributed by atoms with van der Waals surface area (Å²) in [5.74, 6) is 1.07. The van der Waals surface area contributed by atoms with Crippen molar-refractivity contribution < 1.29 is 19.1 Å². The Balaban J connectivity index is 1.94. The second-order valence-electron chi connectivity index (χ2n) is 5.27. The molecular formula is C16H22N2O4. The minimum Gasteiger partial charge on any atom is -0.493 e. The highest BCUT2D eigenvalue weighted by atomic mass is 16.5. The van der Waals surface area contributed by atoms with Crippen molar-refractivity contribution >= 4 is 11.8 Å². The average Bonchev–Trinajstić information content (AvgIpc) is 2.76. The van der Waals surface area contributed by atoms with Gasteiger partial charge in [0.2, 0.25) is 11.8 Å². The van der Waals surface area contributed by atoms with Crippen LogP contribution in [0.5, 0.6) is 11.5 Å². The lowest BCUT2D eigenvalue weighted by atomic mass is 10.1. The molecule has 1 atom stereocenters. The van der Waals surface area contributed by atoms with E-state index in [0.717, 1.165) is 18.4 Å². The number of nitrogens with one attached hydrogen (secondary N) is 2. The zero-order valence-electron chi connectivity index (χ0n) is 13.0. The van der Waals surface area contributed by atoms with Gasteiger partial charge in [0.25, 0.3) is 0 Å². The molecule has 0 aliphatic carbocycles. The minimum atomic E-state index is -0.435. The Morgan fingerprint density at radius 2 is 2.05 bits per heavy atom. The van der Waals surface area contributed by atoms with Gasteiger partial charge in [-0.25, -0.2) is 0 Å². The van der Waals surface area contributed by atoms with Crippen LogP contribution in [0.15, 0.2) is 18.2 Å². The molecule has 2 N–H and O–H groups in total. The van der Waals surface area contributed by atoms with E-state index in [1.165, 1.54) is 0 Å². The number of rotatable bonds is 5. The van der Waals surface area contributed by atoms with Crippen molar-refractivity contribution in [1.82, 2.24) is 10.6 Å². The van der Waals surface area contributed by atoms with E-state index < -0.39 is 6.04 Å². The lowest BCUT2D eigenvalue weighted by Gasteiger charge is -2.16. The molecule has 1 heterocycles. The quantitative estimate of drug-likeness (QED) is 0.861. The van der Waals surface area contributed by atoms with Gasteiger partial charge >= 0.3 is 0 Å². The predicted molar refractivity (Wildman–Crippen MR) is 81.8 cm³/mol. The van der Waals surface area contributed by atoms with Gasteiger partial charge in [0.05, 0.1) is 14.2 Å². The molecule has 1 aliphatic rings. The maximum atomic E-state index is 12.2. The van der Waals surface area contributed by atoms with Crippen LogP contribution >= 0.6 is 0 Å². The number of benzene rings is 1. The molecule has 1 aromatic rings. The maximum Gasteiger partial charge on any atom is 0.242 e. The Morgan fingerprint density at radius 1 is 1.27 bits per heavy atom. The molecule has 1 aromatic carbocycles. The lowest BCUT2D eigenvalue weighted by Crippen LogP contribution is -2.45. The molecule has 0 bridgehead atoms. The van der Waals surface area contributed by atoms with Crippen LogP contribution in [0.4, 0.5) is 0 Å². The molecule has 2 rings (SSSR count). The van der Waals surface area contributed by atoms with E-state index in [1.807, 2.05) is 12.1 Å². The van der Waals surface area contributed by atoms with Crippen molar-refractivity contribution in [2.45, 2.75) is 38.3 Å². The first-order chi connectivity index (χ1) is 10.6. The molecule has 0 radical (unpaired) electrons. The summed E-state index contributed by atoms with van der Waals surface area (Å²) in [6.07, 6.45) is 2.90. The number of amides is 2. The zero-order valence-corrected chi connectivity index (χ0v) is 13.0. The molecule has 6 nitrogen and oxygen atoms in total. The molecule has 2 amide bonds. The lowest BCUT2D eigenvalue weighted by molar-refractivity contribution is -0.128. The highest BCUT2D eigenvalue weighted by Gasteiger charge is 2.22. The van der Waals surface area contributed by atoms with Gasteiger partial charge in [-0.3, -0.25) is 9.59 Å². The number of methoxy groups -OCH3 is 2. The monoisotopic (exact) mass is 306 g/mol. The normalized spacial score (nSPS) is 18.1. The first-order valence-electron chi connectivity index (χ1n) is 7.42. The van der Waals surface area contributed by atoms with Crippen LogP contribution in [0.3, 0.4) is 0 Å². The van der Waals surface area contributed by atoms with E-state index in [1.54, 1.807) is 20.3 Å². The van der Waals surface area contributed by atoms with E-state index >= 15 is 0 Å². The molecule has 6 heteroatoms. The molecule has 0 spiro atoms. The largest absolute Gasteiger partial charge is 0.493 e. The predicted octanol–water partition coefficient (Wildman–Crippen LogP) is 1.38. The van der Waals surface area contributed by atoms with Crippen LogP contribution in [0.2, 0.25) is 0 Å². The van der Waals surface area contributed by atoms with Gasteiger partial charge in [0, 0.05) is 13.0 Å². The van der Waals surface area contributed by atoms with Gasteiger partial charge in [-0.05, 0) is 30.5 Å². The van der Waals surface area contributed by atoms with Crippen LogP contribution in [0, 0.1) is 0 Å². The zero-order chi connectivity index (χ0) is 15.9. The summed E-state index contributed by atoms with van der Waals surface area (Å²) in [4.78, 5) is 23.7. The maximum absolute atomic E-state index is 12.2. The van der Waals surface area contributed by atoms with E-state index in [4.69, 9.17) is 9.47 Å². The average molecular weight is 306 g/mol. The Bertz CT molecular complexity index is 545. The fourth-order valence-electron chi connectivity index (χ4n) is 2.47. The van der Waals surface area contributed by atoms with Gasteiger partial charge in [-0.1, -0.05) is 12.5 Å². The number of hydrogen-bond acceptors (Lipinski definition) is 4. The molecule has 22 heavy (non-hydrogen) atoms. The van der Waals surface area contributed by atoms with Crippen molar-refractivity contribution in [3.8, 4) is 11.5 Å². The third kappa shape index (κ3) is 4.13. The van der Waals surface area contributed by atoms with Crippen molar-refractivity contribution in [3.05, 3.63) is 23.8 Å². The van der Waals surface area contributed by atoms with Gasteiger partial charge in [-0.15, -0.1) is 0 Å². The van der Waals surface area contributed by atoms with Crippen LogP contribution in [0.25, 0.3) is 0 Å². The number of hydrogen-bond donors (Lipinski definition) is 2. The Morgan fingerprint density at radius 3 is 2.77 bits per heavy atom. The van der Waals surface area contributed by atoms with Gasteiger partial charge < -0.3 is 20.1 Å². The topological polar surface area (TPSA) is 76.7 Å². The molecule has 0 saturated carbocycles. The summed E-state index contributed by atoms with van der Waals surface area (Å²) in [5.41, 5.74) is 0.908. The van der Waals surface area contributed by atoms with Crippen LogP contribution in [-0.2, 0) is 16.1 Å². The van der Waals surface area contributed by atoms with E-state index in [0.29, 0.717) is 30.9 Å². The van der Waals surface area contributed by atoms with Crippen LogP contribution in [-0.4, -0.2) is 32.1 Å². The number of carbonyl (C=O) groups excluding carboxylic acids is 2. The van der Waals surface area contributed by atoms with E-state index in [2.05, 4.69) is 10.6 Å². The van der Waals surface area contributed by atoms with Crippen LogP contribution < -0.4 is 20.1 Å². The fraction of sp³-hybridized carbons (Fsp3) is 0.500. The SMILES string of the molecule is COc1ccc(CNC(=O)C2CCCCC(=O)N2)cc1OC. The second kappa shape index (κ2) is 7.68. The standard InChI is InChI=1S/C16H22N2O4/c1-21-13-8-7-11(9-14(13)22-2)10-17-16(20)12-5-3-4-6-15(19)18-12/h7-9,12H,3-6,10H2,1-2H3,(H,17,20)(H,18,19). The molecule has 120 valence electrons. The third-order valence-corrected chi connectivity index (χ3v) is 3.71. The molecule has 1 unspecified atom stereocenters.